The highest BCUT2D eigenvalue weighted by Crippen LogP contribution is 2.04. The largest absolute Gasteiger partial charge is 0.376 e. The van der Waals surface area contributed by atoms with Crippen LogP contribution in [-0.2, 0) is 4.74 Å². The van der Waals surface area contributed by atoms with Crippen LogP contribution in [0.5, 0.6) is 0 Å². The Morgan fingerprint density at radius 3 is 2.08 bits per heavy atom. The van der Waals surface area contributed by atoms with Gasteiger partial charge in [0.05, 0.1) is 12.2 Å². The van der Waals surface area contributed by atoms with Gasteiger partial charge in [0.25, 0.3) is 0 Å². The van der Waals surface area contributed by atoms with E-state index in [-0.39, 0.29) is 0 Å². The van der Waals surface area contributed by atoms with Crippen LogP contribution in [0.3, 0.4) is 0 Å². The molecule has 0 aromatic rings. The summed E-state index contributed by atoms with van der Waals surface area (Å²) in [6.07, 6.45) is 6.14. The SMILES string of the molecule is CC(C)C=CC[C@@H](C)OC(C)C. The second-order valence-electron chi connectivity index (χ2n) is 3.90. The van der Waals surface area contributed by atoms with Crippen LogP contribution in [0.15, 0.2) is 12.2 Å². The van der Waals surface area contributed by atoms with Crippen molar-refractivity contribution in [2.24, 2.45) is 5.92 Å². The third-order valence-electron chi connectivity index (χ3n) is 1.49. The summed E-state index contributed by atoms with van der Waals surface area (Å²) in [5, 5.41) is 0. The second-order valence-corrected chi connectivity index (χ2v) is 3.90. The van der Waals surface area contributed by atoms with Crippen LogP contribution in [0.1, 0.15) is 41.0 Å². The van der Waals surface area contributed by atoms with E-state index >= 15 is 0 Å². The lowest BCUT2D eigenvalue weighted by molar-refractivity contribution is 0.0209. The molecular formula is C11H22O. The smallest absolute Gasteiger partial charge is 0.0584 e. The summed E-state index contributed by atoms with van der Waals surface area (Å²) in [7, 11) is 0. The zero-order valence-corrected chi connectivity index (χ0v) is 9.00. The molecule has 0 spiro atoms. The monoisotopic (exact) mass is 170 g/mol. The van der Waals surface area contributed by atoms with Gasteiger partial charge in [0.2, 0.25) is 0 Å². The van der Waals surface area contributed by atoms with Crippen molar-refractivity contribution in [1.82, 2.24) is 0 Å². The van der Waals surface area contributed by atoms with E-state index in [9.17, 15) is 0 Å². The predicted octanol–water partition coefficient (Wildman–Crippen LogP) is 3.40. The molecule has 0 aliphatic carbocycles. The fraction of sp³-hybridized carbons (Fsp3) is 0.818. The normalized spacial score (nSPS) is 14.9. The van der Waals surface area contributed by atoms with Gasteiger partial charge < -0.3 is 4.74 Å². The van der Waals surface area contributed by atoms with Crippen molar-refractivity contribution in [3.8, 4) is 0 Å². The molecule has 0 unspecified atom stereocenters. The van der Waals surface area contributed by atoms with Gasteiger partial charge in [0.1, 0.15) is 0 Å². The van der Waals surface area contributed by atoms with E-state index in [4.69, 9.17) is 4.74 Å². The van der Waals surface area contributed by atoms with E-state index in [1.807, 2.05) is 0 Å². The molecule has 72 valence electrons. The zero-order valence-electron chi connectivity index (χ0n) is 9.00. The van der Waals surface area contributed by atoms with Gasteiger partial charge in [-0.25, -0.2) is 0 Å². The van der Waals surface area contributed by atoms with Gasteiger partial charge in [0.15, 0.2) is 0 Å². The molecule has 12 heavy (non-hydrogen) atoms. The number of hydrogen-bond donors (Lipinski definition) is 0. The summed E-state index contributed by atoms with van der Waals surface area (Å²) >= 11 is 0. The van der Waals surface area contributed by atoms with Gasteiger partial charge >= 0.3 is 0 Å². The Morgan fingerprint density at radius 1 is 1.08 bits per heavy atom. The van der Waals surface area contributed by atoms with Crippen molar-refractivity contribution in [3.05, 3.63) is 12.2 Å². The molecular weight excluding hydrogens is 148 g/mol. The molecule has 0 saturated carbocycles. The van der Waals surface area contributed by atoms with E-state index in [1.165, 1.54) is 0 Å². The third kappa shape index (κ3) is 7.80. The minimum atomic E-state index is 0.340. The van der Waals surface area contributed by atoms with Gasteiger partial charge in [-0.1, -0.05) is 26.0 Å². The maximum Gasteiger partial charge on any atom is 0.0584 e. The van der Waals surface area contributed by atoms with E-state index in [0.29, 0.717) is 18.1 Å². The van der Waals surface area contributed by atoms with Crippen molar-refractivity contribution in [3.63, 3.8) is 0 Å². The van der Waals surface area contributed by atoms with E-state index in [2.05, 4.69) is 46.8 Å². The van der Waals surface area contributed by atoms with E-state index in [1.54, 1.807) is 0 Å². The van der Waals surface area contributed by atoms with Crippen molar-refractivity contribution >= 4 is 0 Å². The molecule has 0 rings (SSSR count). The fourth-order valence-corrected chi connectivity index (χ4v) is 1.06. The number of ether oxygens (including phenoxy) is 1. The maximum atomic E-state index is 5.58. The van der Waals surface area contributed by atoms with Gasteiger partial charge in [-0.05, 0) is 33.1 Å². The Bertz CT molecular complexity index is 125. The summed E-state index contributed by atoms with van der Waals surface area (Å²) in [6, 6.07) is 0. The van der Waals surface area contributed by atoms with Gasteiger partial charge in [-0.2, -0.15) is 0 Å². The van der Waals surface area contributed by atoms with Crippen molar-refractivity contribution in [1.29, 1.82) is 0 Å². The van der Waals surface area contributed by atoms with Crippen LogP contribution >= 0.6 is 0 Å². The van der Waals surface area contributed by atoms with Gasteiger partial charge in [-0.15, -0.1) is 0 Å². The first-order chi connectivity index (χ1) is 5.52. The first-order valence-electron chi connectivity index (χ1n) is 4.84. The molecule has 0 amide bonds. The van der Waals surface area contributed by atoms with Crippen LogP contribution in [0.4, 0.5) is 0 Å². The minimum absolute atomic E-state index is 0.340. The first-order valence-corrected chi connectivity index (χ1v) is 4.84. The van der Waals surface area contributed by atoms with Gasteiger partial charge in [-0.3, -0.25) is 0 Å². The predicted molar refractivity (Wildman–Crippen MR) is 54.3 cm³/mol. The fourth-order valence-electron chi connectivity index (χ4n) is 1.06. The molecule has 0 saturated heterocycles. The Kier molecular flexibility index (Phi) is 6.09. The summed E-state index contributed by atoms with van der Waals surface area (Å²) in [5.41, 5.74) is 0. The zero-order chi connectivity index (χ0) is 9.56. The van der Waals surface area contributed by atoms with Crippen LogP contribution < -0.4 is 0 Å². The second kappa shape index (κ2) is 6.24. The average molecular weight is 170 g/mol. The molecule has 1 atom stereocenters. The molecule has 1 nitrogen and oxygen atoms in total. The summed E-state index contributed by atoms with van der Waals surface area (Å²) in [6.45, 7) is 10.6. The molecule has 0 heterocycles. The van der Waals surface area contributed by atoms with Crippen molar-refractivity contribution < 1.29 is 4.74 Å². The molecule has 0 aromatic heterocycles. The molecule has 0 aromatic carbocycles. The van der Waals surface area contributed by atoms with E-state index in [0.717, 1.165) is 6.42 Å². The molecule has 0 fully saturated rings. The Balaban J connectivity index is 3.49. The molecule has 0 aliphatic rings. The van der Waals surface area contributed by atoms with Crippen LogP contribution in [-0.4, -0.2) is 12.2 Å². The number of allylic oxidation sites excluding steroid dienone is 1. The summed E-state index contributed by atoms with van der Waals surface area (Å²) in [4.78, 5) is 0. The number of hydrogen-bond acceptors (Lipinski definition) is 1. The Morgan fingerprint density at radius 2 is 1.67 bits per heavy atom. The average Bonchev–Trinajstić information content (AvgIpc) is 1.84. The lowest BCUT2D eigenvalue weighted by atomic mass is 10.1. The van der Waals surface area contributed by atoms with Crippen molar-refractivity contribution in [2.75, 3.05) is 0 Å². The lowest BCUT2D eigenvalue weighted by Gasteiger charge is -2.13. The lowest BCUT2D eigenvalue weighted by Crippen LogP contribution is -2.13. The Hall–Kier alpha value is -0.300. The highest BCUT2D eigenvalue weighted by atomic mass is 16.5. The molecule has 0 N–H and O–H groups in total. The molecule has 0 radical (unpaired) electrons. The van der Waals surface area contributed by atoms with E-state index < -0.39 is 0 Å². The molecule has 0 aliphatic heterocycles. The number of rotatable bonds is 5. The minimum Gasteiger partial charge on any atom is -0.376 e. The maximum absolute atomic E-state index is 5.58. The quantitative estimate of drug-likeness (QED) is 0.575. The van der Waals surface area contributed by atoms with Crippen LogP contribution in [0.25, 0.3) is 0 Å². The third-order valence-corrected chi connectivity index (χ3v) is 1.49. The van der Waals surface area contributed by atoms with Gasteiger partial charge in [0, 0.05) is 0 Å². The Labute approximate surface area is 76.8 Å². The standard InChI is InChI=1S/C11H22O/c1-9(2)7-6-8-11(5)12-10(3)4/h6-7,9-11H,8H2,1-5H3/t11-/m1/s1. The highest BCUT2D eigenvalue weighted by molar-refractivity contribution is 4.85. The molecule has 0 bridgehead atoms. The van der Waals surface area contributed by atoms with Crippen LogP contribution in [0, 0.1) is 5.92 Å². The highest BCUT2D eigenvalue weighted by Gasteiger charge is 2.01. The summed E-state index contributed by atoms with van der Waals surface area (Å²) in [5.74, 6) is 0.649. The van der Waals surface area contributed by atoms with Crippen molar-refractivity contribution in [2.45, 2.75) is 53.2 Å². The topological polar surface area (TPSA) is 9.23 Å². The molecule has 1 heteroatoms. The summed E-state index contributed by atoms with van der Waals surface area (Å²) < 4.78 is 5.58. The van der Waals surface area contributed by atoms with Crippen LogP contribution in [0.2, 0.25) is 0 Å². The first kappa shape index (κ1) is 11.7.